The van der Waals surface area contributed by atoms with Gasteiger partial charge < -0.3 is 15.4 Å². The Hall–Kier alpha value is -2.56. The van der Waals surface area contributed by atoms with Gasteiger partial charge in [-0.2, -0.15) is 0 Å². The number of ether oxygens (including phenoxy) is 1. The van der Waals surface area contributed by atoms with E-state index in [2.05, 4.69) is 10.6 Å². The first-order valence-corrected chi connectivity index (χ1v) is 6.12. The lowest BCUT2D eigenvalue weighted by Crippen LogP contribution is -2.10. The fraction of sp³-hybridized carbons (Fsp3) is 0.200. The van der Waals surface area contributed by atoms with E-state index in [4.69, 9.17) is 4.74 Å². The van der Waals surface area contributed by atoms with E-state index in [0.29, 0.717) is 17.1 Å². The molecule has 0 atom stereocenters. The van der Waals surface area contributed by atoms with E-state index < -0.39 is 0 Å². The number of methoxy groups -OCH3 is 1. The lowest BCUT2D eigenvalue weighted by Gasteiger charge is -2.11. The summed E-state index contributed by atoms with van der Waals surface area (Å²) in [6.45, 7) is 3.28. The van der Waals surface area contributed by atoms with Gasteiger partial charge in [0.05, 0.1) is 12.8 Å². The zero-order valence-electron chi connectivity index (χ0n) is 11.8. The molecule has 20 heavy (non-hydrogen) atoms. The summed E-state index contributed by atoms with van der Waals surface area (Å²) >= 11 is 0. The standard InChI is InChI=1S/C15H18N2O3/c1-4-5-6-7-15(19)17-13-10-12(16-11(2)18)8-9-14(13)20-3/h4-10H,1-3H3,(H,16,18)(H,17,19)/b5-4+,7-6+. The normalized spacial score (nSPS) is 10.8. The van der Waals surface area contributed by atoms with Crippen molar-refractivity contribution in [2.24, 2.45) is 0 Å². The smallest absolute Gasteiger partial charge is 0.248 e. The summed E-state index contributed by atoms with van der Waals surface area (Å²) in [6, 6.07) is 5.02. The van der Waals surface area contributed by atoms with Gasteiger partial charge in [-0.15, -0.1) is 0 Å². The van der Waals surface area contributed by atoms with E-state index in [-0.39, 0.29) is 11.8 Å². The summed E-state index contributed by atoms with van der Waals surface area (Å²) in [7, 11) is 1.51. The largest absolute Gasteiger partial charge is 0.495 e. The zero-order valence-corrected chi connectivity index (χ0v) is 11.8. The second-order valence-corrected chi connectivity index (χ2v) is 3.97. The van der Waals surface area contributed by atoms with Crippen LogP contribution < -0.4 is 15.4 Å². The summed E-state index contributed by atoms with van der Waals surface area (Å²) in [5, 5.41) is 5.35. The maximum atomic E-state index is 11.7. The molecule has 5 heteroatoms. The highest BCUT2D eigenvalue weighted by atomic mass is 16.5. The molecule has 0 bridgehead atoms. The van der Waals surface area contributed by atoms with Gasteiger partial charge in [-0.25, -0.2) is 0 Å². The van der Waals surface area contributed by atoms with Gasteiger partial charge in [-0.05, 0) is 25.1 Å². The van der Waals surface area contributed by atoms with Gasteiger partial charge in [-0.1, -0.05) is 18.2 Å². The Kier molecular flexibility index (Phi) is 6.03. The van der Waals surface area contributed by atoms with E-state index >= 15 is 0 Å². The van der Waals surface area contributed by atoms with Crippen LogP contribution >= 0.6 is 0 Å². The molecular formula is C15H18N2O3. The van der Waals surface area contributed by atoms with E-state index in [1.165, 1.54) is 20.1 Å². The Morgan fingerprint density at radius 1 is 1.20 bits per heavy atom. The number of rotatable bonds is 5. The Morgan fingerprint density at radius 3 is 2.55 bits per heavy atom. The van der Waals surface area contributed by atoms with Crippen LogP contribution in [0.1, 0.15) is 13.8 Å². The van der Waals surface area contributed by atoms with Gasteiger partial charge in [0.25, 0.3) is 0 Å². The highest BCUT2D eigenvalue weighted by Crippen LogP contribution is 2.27. The SMILES string of the molecule is C/C=C/C=C/C(=O)Nc1cc(NC(C)=O)ccc1OC. The zero-order chi connectivity index (χ0) is 15.0. The lowest BCUT2D eigenvalue weighted by molar-refractivity contribution is -0.114. The molecule has 0 unspecified atom stereocenters. The molecule has 106 valence electrons. The summed E-state index contributed by atoms with van der Waals surface area (Å²) < 4.78 is 5.17. The highest BCUT2D eigenvalue weighted by molar-refractivity contribution is 6.01. The minimum Gasteiger partial charge on any atom is -0.495 e. The van der Waals surface area contributed by atoms with Gasteiger partial charge in [0, 0.05) is 18.7 Å². The molecule has 1 aromatic rings. The molecule has 1 rings (SSSR count). The van der Waals surface area contributed by atoms with E-state index in [9.17, 15) is 9.59 Å². The van der Waals surface area contributed by atoms with Crippen molar-refractivity contribution in [2.45, 2.75) is 13.8 Å². The molecular weight excluding hydrogens is 256 g/mol. The molecule has 0 fully saturated rings. The molecule has 0 aromatic heterocycles. The van der Waals surface area contributed by atoms with Gasteiger partial charge in [-0.3, -0.25) is 9.59 Å². The number of carbonyl (C=O) groups is 2. The number of hydrogen-bond acceptors (Lipinski definition) is 3. The summed E-state index contributed by atoms with van der Waals surface area (Å²) in [4.78, 5) is 22.7. The molecule has 2 N–H and O–H groups in total. The lowest BCUT2D eigenvalue weighted by atomic mass is 10.2. The van der Waals surface area contributed by atoms with E-state index in [1.54, 1.807) is 30.4 Å². The van der Waals surface area contributed by atoms with Crippen LogP contribution in [-0.2, 0) is 9.59 Å². The van der Waals surface area contributed by atoms with Crippen LogP contribution in [0.25, 0.3) is 0 Å². The van der Waals surface area contributed by atoms with Crippen molar-refractivity contribution in [1.82, 2.24) is 0 Å². The van der Waals surface area contributed by atoms with Gasteiger partial charge in [0.15, 0.2) is 0 Å². The van der Waals surface area contributed by atoms with Gasteiger partial charge >= 0.3 is 0 Å². The number of carbonyl (C=O) groups excluding carboxylic acids is 2. The fourth-order valence-electron chi connectivity index (χ4n) is 1.52. The summed E-state index contributed by atoms with van der Waals surface area (Å²) in [6.07, 6.45) is 6.62. The Morgan fingerprint density at radius 2 is 1.95 bits per heavy atom. The first-order valence-electron chi connectivity index (χ1n) is 6.12. The predicted molar refractivity (Wildman–Crippen MR) is 79.9 cm³/mol. The Balaban J connectivity index is 2.90. The topological polar surface area (TPSA) is 67.4 Å². The second kappa shape index (κ2) is 7.78. The van der Waals surface area contributed by atoms with E-state index in [0.717, 1.165) is 0 Å². The Labute approximate surface area is 118 Å². The van der Waals surface area contributed by atoms with Crippen molar-refractivity contribution in [3.8, 4) is 5.75 Å². The molecule has 0 aliphatic carbocycles. The average molecular weight is 274 g/mol. The van der Waals surface area contributed by atoms with Crippen LogP contribution in [0.3, 0.4) is 0 Å². The maximum Gasteiger partial charge on any atom is 0.248 e. The quantitative estimate of drug-likeness (QED) is 0.641. The van der Waals surface area contributed by atoms with Crippen LogP contribution in [0.15, 0.2) is 42.5 Å². The molecule has 0 aliphatic heterocycles. The number of anilines is 2. The number of amides is 2. The first kappa shape index (κ1) is 15.5. The number of allylic oxidation sites excluding steroid dienone is 3. The fourth-order valence-corrected chi connectivity index (χ4v) is 1.52. The van der Waals surface area contributed by atoms with E-state index in [1.807, 2.05) is 13.0 Å². The molecule has 1 aromatic carbocycles. The number of benzene rings is 1. The molecule has 0 spiro atoms. The van der Waals surface area contributed by atoms with Crippen LogP contribution in [0.4, 0.5) is 11.4 Å². The van der Waals surface area contributed by atoms with Crippen molar-refractivity contribution in [3.05, 3.63) is 42.5 Å². The third-order valence-electron chi connectivity index (χ3n) is 2.33. The van der Waals surface area contributed by atoms with Crippen molar-refractivity contribution >= 4 is 23.2 Å². The van der Waals surface area contributed by atoms with Crippen molar-refractivity contribution in [2.75, 3.05) is 17.7 Å². The predicted octanol–water partition coefficient (Wildman–Crippen LogP) is 2.72. The van der Waals surface area contributed by atoms with Crippen LogP contribution in [0, 0.1) is 0 Å². The van der Waals surface area contributed by atoms with Gasteiger partial charge in [0.1, 0.15) is 5.75 Å². The second-order valence-electron chi connectivity index (χ2n) is 3.97. The third-order valence-corrected chi connectivity index (χ3v) is 2.33. The maximum absolute atomic E-state index is 11.7. The molecule has 0 saturated heterocycles. The highest BCUT2D eigenvalue weighted by Gasteiger charge is 2.07. The molecule has 0 radical (unpaired) electrons. The van der Waals surface area contributed by atoms with Crippen LogP contribution in [0.2, 0.25) is 0 Å². The van der Waals surface area contributed by atoms with Crippen molar-refractivity contribution in [1.29, 1.82) is 0 Å². The first-order chi connectivity index (χ1) is 9.56. The van der Waals surface area contributed by atoms with Crippen molar-refractivity contribution in [3.63, 3.8) is 0 Å². The Bertz CT molecular complexity index is 548. The minimum absolute atomic E-state index is 0.180. The summed E-state index contributed by atoms with van der Waals surface area (Å²) in [5.74, 6) is 0.0636. The number of nitrogens with one attached hydrogen (secondary N) is 2. The molecule has 0 saturated carbocycles. The molecule has 0 heterocycles. The molecule has 2 amide bonds. The van der Waals surface area contributed by atoms with Crippen LogP contribution in [0.5, 0.6) is 5.75 Å². The summed E-state index contributed by atoms with van der Waals surface area (Å²) in [5.41, 5.74) is 1.08. The number of hydrogen-bond donors (Lipinski definition) is 2. The monoisotopic (exact) mass is 274 g/mol. The van der Waals surface area contributed by atoms with Gasteiger partial charge in [0.2, 0.25) is 11.8 Å². The van der Waals surface area contributed by atoms with Crippen molar-refractivity contribution < 1.29 is 14.3 Å². The molecule has 5 nitrogen and oxygen atoms in total. The molecule has 0 aliphatic rings. The van der Waals surface area contributed by atoms with Crippen LogP contribution in [-0.4, -0.2) is 18.9 Å². The third kappa shape index (κ3) is 4.97. The average Bonchev–Trinajstić information content (AvgIpc) is 2.38. The minimum atomic E-state index is -0.277.